The van der Waals surface area contributed by atoms with E-state index in [1.54, 1.807) is 20.8 Å². The van der Waals surface area contributed by atoms with Crippen molar-refractivity contribution in [3.05, 3.63) is 29.7 Å². The SMILES string of the molecule is CC(C)(C)OC(=O)N[C@H]1[C@H](N2Cc3ccc(-c4nnc(C(F)F)o4)cc3S2(=O)=O)CCCC1(F)F. The van der Waals surface area contributed by atoms with Gasteiger partial charge in [-0.2, -0.15) is 13.1 Å². The second-order valence-electron chi connectivity index (χ2n) is 9.46. The Labute approximate surface area is 198 Å². The maximum atomic E-state index is 14.9. The molecular weight excluding hydrogens is 496 g/mol. The molecule has 14 heteroatoms. The number of nitrogens with zero attached hydrogens (tertiary/aromatic N) is 3. The molecule has 0 spiro atoms. The molecule has 35 heavy (non-hydrogen) atoms. The summed E-state index contributed by atoms with van der Waals surface area (Å²) in [6.07, 6.45) is -4.43. The third-order valence-electron chi connectivity index (χ3n) is 5.75. The molecule has 0 unspecified atom stereocenters. The molecule has 1 aliphatic carbocycles. The van der Waals surface area contributed by atoms with Crippen LogP contribution in [0.3, 0.4) is 0 Å². The van der Waals surface area contributed by atoms with Crippen LogP contribution in [0, 0.1) is 0 Å². The molecule has 9 nitrogen and oxygen atoms in total. The van der Waals surface area contributed by atoms with Gasteiger partial charge in [-0.25, -0.2) is 22.0 Å². The minimum atomic E-state index is -4.27. The number of hydrogen-bond donors (Lipinski definition) is 1. The zero-order valence-electron chi connectivity index (χ0n) is 19.1. The van der Waals surface area contributed by atoms with Crippen molar-refractivity contribution in [2.75, 3.05) is 0 Å². The molecule has 1 aromatic carbocycles. The average Bonchev–Trinajstić information content (AvgIpc) is 3.31. The van der Waals surface area contributed by atoms with Crippen molar-refractivity contribution in [3.63, 3.8) is 0 Å². The summed E-state index contributed by atoms with van der Waals surface area (Å²) in [5.74, 6) is -4.58. The van der Waals surface area contributed by atoms with Crippen LogP contribution in [-0.4, -0.2) is 52.6 Å². The zero-order valence-corrected chi connectivity index (χ0v) is 19.9. The van der Waals surface area contributed by atoms with Gasteiger partial charge in [-0.1, -0.05) is 6.07 Å². The fraction of sp³-hybridized carbons (Fsp3) is 0.571. The Balaban J connectivity index is 1.64. The molecule has 2 atom stereocenters. The zero-order chi connectivity index (χ0) is 25.8. The maximum Gasteiger partial charge on any atom is 0.408 e. The van der Waals surface area contributed by atoms with E-state index in [4.69, 9.17) is 9.15 Å². The summed E-state index contributed by atoms with van der Waals surface area (Å²) in [5, 5.41) is 8.93. The molecule has 1 N–H and O–H groups in total. The van der Waals surface area contributed by atoms with Crippen LogP contribution in [0.4, 0.5) is 22.4 Å². The van der Waals surface area contributed by atoms with Crippen LogP contribution in [0.5, 0.6) is 0 Å². The predicted molar refractivity (Wildman–Crippen MR) is 113 cm³/mol. The monoisotopic (exact) mass is 520 g/mol. The number of amides is 1. The van der Waals surface area contributed by atoms with E-state index in [-0.39, 0.29) is 35.7 Å². The van der Waals surface area contributed by atoms with Gasteiger partial charge in [-0.3, -0.25) is 0 Å². The fourth-order valence-electron chi connectivity index (χ4n) is 4.27. The van der Waals surface area contributed by atoms with Crippen LogP contribution < -0.4 is 5.32 Å². The second kappa shape index (κ2) is 8.73. The third-order valence-corrected chi connectivity index (χ3v) is 7.70. The van der Waals surface area contributed by atoms with E-state index in [0.717, 1.165) is 4.31 Å². The highest BCUT2D eigenvalue weighted by atomic mass is 32.2. The smallest absolute Gasteiger partial charge is 0.408 e. The summed E-state index contributed by atoms with van der Waals surface area (Å²) in [5.41, 5.74) is -0.521. The molecule has 192 valence electrons. The average molecular weight is 521 g/mol. The third kappa shape index (κ3) is 4.99. The first-order valence-electron chi connectivity index (χ1n) is 10.8. The number of hydrogen-bond acceptors (Lipinski definition) is 7. The van der Waals surface area contributed by atoms with Gasteiger partial charge in [0, 0.05) is 18.5 Å². The lowest BCUT2D eigenvalue weighted by atomic mass is 9.86. The molecule has 0 bridgehead atoms. The Morgan fingerprint density at radius 2 is 2.00 bits per heavy atom. The Morgan fingerprint density at radius 1 is 1.29 bits per heavy atom. The van der Waals surface area contributed by atoms with Gasteiger partial charge in [0.25, 0.3) is 11.8 Å². The quantitative estimate of drug-likeness (QED) is 0.599. The topological polar surface area (TPSA) is 115 Å². The molecular formula is C21H24F4N4O5S. The Kier molecular flexibility index (Phi) is 6.32. The summed E-state index contributed by atoms with van der Waals surface area (Å²) in [7, 11) is -4.27. The number of halogens is 4. The second-order valence-corrected chi connectivity index (χ2v) is 11.3. The van der Waals surface area contributed by atoms with Gasteiger partial charge in [0.05, 0.1) is 10.9 Å². The van der Waals surface area contributed by atoms with Crippen LogP contribution in [-0.2, 0) is 21.3 Å². The number of carbonyl (C=O) groups is 1. The number of nitrogens with one attached hydrogen (secondary N) is 1. The molecule has 0 radical (unpaired) electrons. The summed E-state index contributed by atoms with van der Waals surface area (Å²) in [6.45, 7) is 4.54. The molecule has 2 aromatic rings. The lowest BCUT2D eigenvalue weighted by Gasteiger charge is -2.41. The standard InChI is InChI=1S/C21H24F4N4O5S/c1-20(2,3)34-19(30)26-15-13(5-4-8-21(15,24)25)29-10-12-7-6-11(9-14(12)35(29,31)32)17-27-28-18(33-17)16(22)23/h6-7,9,13,15-16H,4-5,8,10H2,1-3H3,(H,26,30)/t13-,15+/m1/s1. The van der Waals surface area contributed by atoms with Gasteiger partial charge >= 0.3 is 12.5 Å². The first-order chi connectivity index (χ1) is 16.2. The summed E-state index contributed by atoms with van der Waals surface area (Å²) >= 11 is 0. The maximum absolute atomic E-state index is 14.9. The number of aromatic nitrogens is 2. The predicted octanol–water partition coefficient (Wildman–Crippen LogP) is 4.26. The summed E-state index contributed by atoms with van der Waals surface area (Å²) in [4.78, 5) is 12.1. The van der Waals surface area contributed by atoms with Crippen molar-refractivity contribution in [2.24, 2.45) is 0 Å². The van der Waals surface area contributed by atoms with Crippen LogP contribution in [0.2, 0.25) is 0 Å². The van der Waals surface area contributed by atoms with Crippen LogP contribution in [0.15, 0.2) is 27.5 Å². The van der Waals surface area contributed by atoms with Gasteiger partial charge in [-0.05, 0) is 51.3 Å². The van der Waals surface area contributed by atoms with E-state index in [1.807, 2.05) is 0 Å². The van der Waals surface area contributed by atoms with Crippen molar-refractivity contribution in [1.29, 1.82) is 0 Å². The van der Waals surface area contributed by atoms with Gasteiger partial charge in [0.1, 0.15) is 11.6 Å². The molecule has 1 saturated carbocycles. The van der Waals surface area contributed by atoms with Gasteiger partial charge < -0.3 is 14.5 Å². The number of rotatable bonds is 4. The number of sulfonamides is 1. The molecule has 1 amide bonds. The molecule has 2 heterocycles. The van der Waals surface area contributed by atoms with E-state index >= 15 is 0 Å². The number of alkyl halides is 4. The van der Waals surface area contributed by atoms with E-state index in [2.05, 4.69) is 15.5 Å². The highest BCUT2D eigenvalue weighted by Gasteiger charge is 2.54. The van der Waals surface area contributed by atoms with Gasteiger partial charge in [0.15, 0.2) is 0 Å². The molecule has 0 saturated heterocycles. The first-order valence-corrected chi connectivity index (χ1v) is 12.3. The van der Waals surface area contributed by atoms with Crippen molar-refractivity contribution < 1.29 is 39.9 Å². The van der Waals surface area contributed by atoms with Crippen molar-refractivity contribution in [1.82, 2.24) is 19.8 Å². The van der Waals surface area contributed by atoms with Crippen LogP contribution in [0.1, 0.15) is 57.9 Å². The molecule has 1 fully saturated rings. The highest BCUT2D eigenvalue weighted by Crippen LogP contribution is 2.42. The van der Waals surface area contributed by atoms with E-state index in [9.17, 15) is 30.8 Å². The van der Waals surface area contributed by atoms with Gasteiger partial charge in [-0.15, -0.1) is 10.2 Å². The largest absolute Gasteiger partial charge is 0.444 e. The first kappa shape index (κ1) is 25.4. The highest BCUT2D eigenvalue weighted by molar-refractivity contribution is 7.89. The van der Waals surface area contributed by atoms with E-state index in [0.29, 0.717) is 5.56 Å². The summed E-state index contributed by atoms with van der Waals surface area (Å²) < 4.78 is 93.1. The van der Waals surface area contributed by atoms with Crippen LogP contribution in [0.25, 0.3) is 11.5 Å². The Morgan fingerprint density at radius 3 is 2.63 bits per heavy atom. The van der Waals surface area contributed by atoms with Crippen molar-refractivity contribution in [2.45, 2.75) is 81.5 Å². The minimum absolute atomic E-state index is 0.0518. The normalized spacial score (nSPS) is 23.8. The van der Waals surface area contributed by atoms with Crippen molar-refractivity contribution >= 4 is 16.1 Å². The lowest BCUT2D eigenvalue weighted by Crippen LogP contribution is -2.62. The number of carbonyl (C=O) groups excluding carboxylic acids is 1. The molecule has 1 aliphatic heterocycles. The van der Waals surface area contributed by atoms with Gasteiger partial charge in [0.2, 0.25) is 15.9 Å². The lowest BCUT2D eigenvalue weighted by molar-refractivity contribution is -0.0859. The molecule has 2 aliphatic rings. The Hall–Kier alpha value is -2.74. The van der Waals surface area contributed by atoms with E-state index in [1.165, 1.54) is 18.2 Å². The number of benzene rings is 1. The minimum Gasteiger partial charge on any atom is -0.444 e. The number of alkyl carbamates (subject to hydrolysis) is 1. The number of ether oxygens (including phenoxy) is 1. The van der Waals surface area contributed by atoms with Crippen molar-refractivity contribution in [3.8, 4) is 11.5 Å². The fourth-order valence-corrected chi connectivity index (χ4v) is 6.15. The number of fused-ring (bicyclic) bond motifs is 1. The van der Waals surface area contributed by atoms with E-state index < -0.39 is 58.5 Å². The molecule has 1 aromatic heterocycles. The summed E-state index contributed by atoms with van der Waals surface area (Å²) in [6, 6.07) is 1.00. The molecule has 4 rings (SSSR count). The Bertz CT molecular complexity index is 1230. The van der Waals surface area contributed by atoms with Crippen LogP contribution >= 0.6 is 0 Å².